The molecule has 37 heavy (non-hydrogen) atoms. The van der Waals surface area contributed by atoms with Gasteiger partial charge in [-0.3, -0.25) is 0 Å². The Labute approximate surface area is 225 Å². The van der Waals surface area contributed by atoms with Crippen molar-refractivity contribution in [1.29, 1.82) is 0 Å². The maximum Gasteiger partial charge on any atom is 0.323 e. The largest absolute Gasteiger partial charge is 0.487 e. The van der Waals surface area contributed by atoms with Crippen molar-refractivity contribution in [2.24, 2.45) is 0 Å². The van der Waals surface area contributed by atoms with Crippen LogP contribution in [0.3, 0.4) is 0 Å². The highest BCUT2D eigenvalue weighted by atomic mass is 79.9. The zero-order valence-electron chi connectivity index (χ0n) is 21.2. The number of tetrazole rings is 1. The molecule has 3 aromatic carbocycles. The predicted octanol–water partition coefficient (Wildman–Crippen LogP) is 7.60. The van der Waals surface area contributed by atoms with Gasteiger partial charge in [0.05, 0.1) is 16.3 Å². The third kappa shape index (κ3) is 6.74. The Morgan fingerprint density at radius 2 is 1.70 bits per heavy atom. The number of aromatic amines is 1. The van der Waals surface area contributed by atoms with Crippen LogP contribution in [-0.4, -0.2) is 32.8 Å². The van der Waals surface area contributed by atoms with Crippen LogP contribution < -0.4 is 15.4 Å². The summed E-state index contributed by atoms with van der Waals surface area (Å²) >= 11 is 3.72. The lowest BCUT2D eigenvalue weighted by molar-refractivity contribution is 0.178. The standard InChI is InChI=1S/C28H31BrN6O2/c1-4-8-21(9-5-2)37-26-24(29)16-19(22-10-6-7-11-23(22)27-32-34-35-33-27)17-25(26)31-28(36)30-20-14-12-18(3)13-15-20/h6-7,10-17,21H,4-5,8-9H2,1-3H3,(H2,30,31,36)(H,32,33,34,35). The monoisotopic (exact) mass is 562 g/mol. The number of anilines is 2. The minimum Gasteiger partial charge on any atom is -0.487 e. The van der Waals surface area contributed by atoms with Crippen LogP contribution >= 0.6 is 15.9 Å². The number of benzene rings is 3. The number of carbonyl (C=O) groups excluding carboxylic acids is 1. The minimum absolute atomic E-state index is 0.0458. The Balaban J connectivity index is 1.73. The van der Waals surface area contributed by atoms with E-state index >= 15 is 0 Å². The van der Waals surface area contributed by atoms with Crippen LogP contribution in [-0.2, 0) is 0 Å². The van der Waals surface area contributed by atoms with E-state index in [1.54, 1.807) is 0 Å². The number of amides is 2. The molecule has 1 aromatic heterocycles. The topological polar surface area (TPSA) is 105 Å². The number of hydrogen-bond donors (Lipinski definition) is 3. The van der Waals surface area contributed by atoms with E-state index in [1.165, 1.54) is 0 Å². The van der Waals surface area contributed by atoms with Gasteiger partial charge >= 0.3 is 6.03 Å². The van der Waals surface area contributed by atoms with Gasteiger partial charge in [-0.1, -0.05) is 68.7 Å². The van der Waals surface area contributed by atoms with Gasteiger partial charge in [-0.05, 0) is 76.3 Å². The summed E-state index contributed by atoms with van der Waals surface area (Å²) in [5.41, 5.74) is 4.98. The van der Waals surface area contributed by atoms with Crippen LogP contribution in [0.2, 0.25) is 0 Å². The Morgan fingerprint density at radius 1 is 1.00 bits per heavy atom. The number of rotatable bonds is 10. The molecule has 0 radical (unpaired) electrons. The van der Waals surface area contributed by atoms with E-state index in [1.807, 2.05) is 67.6 Å². The Hall–Kier alpha value is -3.72. The zero-order chi connectivity index (χ0) is 26.2. The number of urea groups is 1. The van der Waals surface area contributed by atoms with Crippen LogP contribution in [0, 0.1) is 6.92 Å². The number of halogens is 1. The molecule has 3 N–H and O–H groups in total. The first-order valence-electron chi connectivity index (χ1n) is 12.5. The van der Waals surface area contributed by atoms with Gasteiger partial charge in [-0.25, -0.2) is 4.79 Å². The number of H-pyrrole nitrogens is 1. The van der Waals surface area contributed by atoms with E-state index in [2.05, 4.69) is 61.0 Å². The summed E-state index contributed by atoms with van der Waals surface area (Å²) < 4.78 is 7.23. The van der Waals surface area contributed by atoms with Crippen molar-refractivity contribution in [2.75, 3.05) is 10.6 Å². The van der Waals surface area contributed by atoms with Crippen LogP contribution in [0.4, 0.5) is 16.2 Å². The second-order valence-corrected chi connectivity index (χ2v) is 9.73. The van der Waals surface area contributed by atoms with Gasteiger partial charge in [0.15, 0.2) is 5.75 Å². The van der Waals surface area contributed by atoms with Gasteiger partial charge in [0.1, 0.15) is 0 Å². The fourth-order valence-corrected chi connectivity index (χ4v) is 4.72. The van der Waals surface area contributed by atoms with Gasteiger partial charge in [0.2, 0.25) is 5.82 Å². The van der Waals surface area contributed by atoms with Crippen molar-refractivity contribution >= 4 is 33.3 Å². The lowest BCUT2D eigenvalue weighted by Crippen LogP contribution is -2.22. The molecule has 1 heterocycles. The van der Waals surface area contributed by atoms with E-state index < -0.39 is 0 Å². The van der Waals surface area contributed by atoms with Gasteiger partial charge in [-0.2, -0.15) is 5.21 Å². The van der Waals surface area contributed by atoms with Crippen LogP contribution in [0.15, 0.2) is 65.1 Å². The fraction of sp³-hybridized carbons (Fsp3) is 0.286. The maximum absolute atomic E-state index is 13.0. The molecule has 192 valence electrons. The lowest BCUT2D eigenvalue weighted by Gasteiger charge is -2.23. The molecule has 0 atom stereocenters. The molecule has 4 rings (SSSR count). The van der Waals surface area contributed by atoms with E-state index in [4.69, 9.17) is 4.74 Å². The van der Waals surface area contributed by atoms with E-state index in [9.17, 15) is 4.79 Å². The number of carbonyl (C=O) groups is 1. The van der Waals surface area contributed by atoms with Crippen LogP contribution in [0.1, 0.15) is 45.1 Å². The second kappa shape index (κ2) is 12.5. The van der Waals surface area contributed by atoms with Crippen molar-refractivity contribution in [3.05, 3.63) is 70.7 Å². The zero-order valence-corrected chi connectivity index (χ0v) is 22.8. The van der Waals surface area contributed by atoms with Crippen molar-refractivity contribution in [3.8, 4) is 28.3 Å². The Bertz CT molecular complexity index is 1320. The number of aryl methyl sites for hydroxylation is 1. The molecule has 0 unspecified atom stereocenters. The average molecular weight is 564 g/mol. The highest BCUT2D eigenvalue weighted by molar-refractivity contribution is 9.10. The second-order valence-electron chi connectivity index (χ2n) is 8.88. The van der Waals surface area contributed by atoms with Gasteiger partial charge in [0.25, 0.3) is 0 Å². The average Bonchev–Trinajstić information content (AvgIpc) is 3.42. The summed E-state index contributed by atoms with van der Waals surface area (Å²) in [5.74, 6) is 1.09. The van der Waals surface area contributed by atoms with Crippen molar-refractivity contribution in [1.82, 2.24) is 20.6 Å². The van der Waals surface area contributed by atoms with E-state index in [0.29, 0.717) is 22.9 Å². The summed E-state index contributed by atoms with van der Waals surface area (Å²) in [6.07, 6.45) is 3.92. The van der Waals surface area contributed by atoms with Crippen molar-refractivity contribution < 1.29 is 9.53 Å². The molecule has 9 heteroatoms. The highest BCUT2D eigenvalue weighted by Crippen LogP contribution is 2.41. The number of nitrogens with one attached hydrogen (secondary N) is 3. The first-order valence-corrected chi connectivity index (χ1v) is 13.3. The normalized spacial score (nSPS) is 10.9. The summed E-state index contributed by atoms with van der Waals surface area (Å²) in [6, 6.07) is 19.0. The number of ether oxygens (including phenoxy) is 1. The van der Waals surface area contributed by atoms with Crippen LogP contribution in [0.25, 0.3) is 22.5 Å². The highest BCUT2D eigenvalue weighted by Gasteiger charge is 2.20. The summed E-state index contributed by atoms with van der Waals surface area (Å²) in [5, 5.41) is 20.4. The summed E-state index contributed by atoms with van der Waals surface area (Å²) in [6.45, 7) is 6.30. The summed E-state index contributed by atoms with van der Waals surface area (Å²) in [4.78, 5) is 13.0. The first-order chi connectivity index (χ1) is 18.0. The van der Waals surface area contributed by atoms with Crippen LogP contribution in [0.5, 0.6) is 5.75 Å². The van der Waals surface area contributed by atoms with Crippen molar-refractivity contribution in [3.63, 3.8) is 0 Å². The Kier molecular flexibility index (Phi) is 8.90. The molecule has 0 saturated carbocycles. The third-order valence-electron chi connectivity index (χ3n) is 5.93. The Morgan fingerprint density at radius 3 is 2.35 bits per heavy atom. The lowest BCUT2D eigenvalue weighted by atomic mass is 9.98. The predicted molar refractivity (Wildman–Crippen MR) is 151 cm³/mol. The molecule has 0 spiro atoms. The quantitative estimate of drug-likeness (QED) is 0.184. The maximum atomic E-state index is 13.0. The van der Waals surface area contributed by atoms with Gasteiger partial charge < -0.3 is 15.4 Å². The SMILES string of the molecule is CCCC(CCC)Oc1c(Br)cc(-c2ccccc2-c2nn[nH]n2)cc1NC(=O)Nc1ccc(C)cc1. The van der Waals surface area contributed by atoms with Gasteiger partial charge in [-0.15, -0.1) is 10.2 Å². The first kappa shape index (κ1) is 26.3. The third-order valence-corrected chi connectivity index (χ3v) is 6.52. The van der Waals surface area contributed by atoms with E-state index in [-0.39, 0.29) is 12.1 Å². The fourth-order valence-electron chi connectivity index (χ4n) is 4.16. The molecule has 0 aliphatic rings. The molecule has 2 amide bonds. The number of hydrogen-bond acceptors (Lipinski definition) is 5. The molecule has 0 aliphatic heterocycles. The molecule has 8 nitrogen and oxygen atoms in total. The molecule has 0 aliphatic carbocycles. The van der Waals surface area contributed by atoms with Crippen molar-refractivity contribution in [2.45, 2.75) is 52.6 Å². The number of aromatic nitrogens is 4. The molecule has 4 aromatic rings. The summed E-state index contributed by atoms with van der Waals surface area (Å²) in [7, 11) is 0. The molecule has 0 fully saturated rings. The molecular formula is C28H31BrN6O2. The smallest absolute Gasteiger partial charge is 0.323 e. The molecule has 0 saturated heterocycles. The minimum atomic E-state index is -0.355. The number of nitrogens with zero attached hydrogens (tertiary/aromatic N) is 3. The molecular weight excluding hydrogens is 532 g/mol. The van der Waals surface area contributed by atoms with Gasteiger partial charge in [0, 0.05) is 11.3 Å². The van der Waals surface area contributed by atoms with E-state index in [0.717, 1.165) is 52.4 Å². The molecule has 0 bridgehead atoms.